The topological polar surface area (TPSA) is 58.1 Å². The van der Waals surface area contributed by atoms with Gasteiger partial charge in [0.2, 0.25) is 5.91 Å². The van der Waals surface area contributed by atoms with Crippen molar-refractivity contribution in [2.75, 3.05) is 18.4 Å². The number of carbonyl (C=O) groups is 1. The summed E-state index contributed by atoms with van der Waals surface area (Å²) >= 11 is 0. The normalized spacial score (nSPS) is 13.9. The van der Waals surface area contributed by atoms with E-state index in [0.29, 0.717) is 22.3 Å². The minimum atomic E-state index is -0.429. The van der Waals surface area contributed by atoms with E-state index in [4.69, 9.17) is 6.42 Å². The van der Waals surface area contributed by atoms with E-state index in [1.165, 1.54) is 12.4 Å². The smallest absolute Gasteiger partial charge is 0.227 e. The molecule has 1 aliphatic heterocycles. The molecule has 146 valence electrons. The summed E-state index contributed by atoms with van der Waals surface area (Å²) in [7, 11) is 0. The first-order valence-corrected chi connectivity index (χ1v) is 9.68. The fraction of sp³-hybridized carbons (Fsp3) is 0.261. The minimum Gasteiger partial charge on any atom is -0.342 e. The number of nitrogens with zero attached hydrogens (tertiary/aromatic N) is 3. The Labute approximate surface area is 169 Å². The van der Waals surface area contributed by atoms with Gasteiger partial charge in [0.25, 0.3) is 0 Å². The summed E-state index contributed by atoms with van der Waals surface area (Å²) in [5.41, 5.74) is 2.34. The maximum absolute atomic E-state index is 14.6. The van der Waals surface area contributed by atoms with Crippen LogP contribution in [0.2, 0.25) is 0 Å². The van der Waals surface area contributed by atoms with Crippen LogP contribution in [0.1, 0.15) is 30.4 Å². The quantitative estimate of drug-likeness (QED) is 0.685. The zero-order valence-electron chi connectivity index (χ0n) is 16.0. The number of likely N-dealkylation sites (tertiary alicyclic amines) is 1. The van der Waals surface area contributed by atoms with Crippen LogP contribution >= 0.6 is 0 Å². The molecule has 29 heavy (non-hydrogen) atoms. The Kier molecular flexibility index (Phi) is 5.39. The van der Waals surface area contributed by atoms with Crippen molar-refractivity contribution >= 4 is 28.3 Å². The minimum absolute atomic E-state index is 0.0304. The van der Waals surface area contributed by atoms with Crippen LogP contribution in [0.5, 0.6) is 0 Å². The summed E-state index contributed by atoms with van der Waals surface area (Å²) in [5, 5.41) is 3.87. The molecule has 2 heterocycles. The molecule has 0 spiro atoms. The zero-order valence-corrected chi connectivity index (χ0v) is 16.0. The average Bonchev–Trinajstić information content (AvgIpc) is 2.75. The molecule has 1 N–H and O–H groups in total. The van der Waals surface area contributed by atoms with Crippen LogP contribution in [0.4, 0.5) is 15.9 Å². The molecule has 4 rings (SSSR count). The number of hydrogen-bond donors (Lipinski definition) is 1. The largest absolute Gasteiger partial charge is 0.342 e. The molecule has 6 heteroatoms. The van der Waals surface area contributed by atoms with Gasteiger partial charge >= 0.3 is 0 Å². The van der Waals surface area contributed by atoms with E-state index in [1.807, 2.05) is 29.2 Å². The number of halogens is 1. The maximum atomic E-state index is 14.6. The second kappa shape index (κ2) is 8.27. The molecule has 5 nitrogen and oxygen atoms in total. The van der Waals surface area contributed by atoms with E-state index in [2.05, 4.69) is 21.2 Å². The first kappa shape index (κ1) is 18.9. The van der Waals surface area contributed by atoms with Crippen LogP contribution in [0.25, 0.3) is 10.9 Å². The van der Waals surface area contributed by atoms with Gasteiger partial charge in [-0.15, -0.1) is 6.42 Å². The van der Waals surface area contributed by atoms with Gasteiger partial charge in [0, 0.05) is 35.8 Å². The van der Waals surface area contributed by atoms with Gasteiger partial charge < -0.3 is 10.2 Å². The van der Waals surface area contributed by atoms with Gasteiger partial charge in [-0.1, -0.05) is 12.0 Å². The van der Waals surface area contributed by atoms with E-state index in [0.717, 1.165) is 43.6 Å². The lowest BCUT2D eigenvalue weighted by atomic mass is 10.1. The molecule has 0 atom stereocenters. The third-order valence-electron chi connectivity index (χ3n) is 5.15. The molecule has 0 saturated carbocycles. The number of rotatable bonds is 4. The first-order chi connectivity index (χ1) is 14.1. The van der Waals surface area contributed by atoms with E-state index >= 15 is 0 Å². The Bertz CT molecular complexity index is 1100. The third kappa shape index (κ3) is 4.19. The Morgan fingerprint density at radius 1 is 1.17 bits per heavy atom. The number of carbonyl (C=O) groups excluding carboxylic acids is 1. The number of aromatic nitrogens is 2. The molecule has 0 radical (unpaired) electrons. The number of hydrogen-bond acceptors (Lipinski definition) is 4. The van der Waals surface area contributed by atoms with Gasteiger partial charge in [-0.3, -0.25) is 4.79 Å². The molecular weight excluding hydrogens is 367 g/mol. The highest BCUT2D eigenvalue weighted by Gasteiger charge is 2.19. The predicted octanol–water partition coefficient (Wildman–Crippen LogP) is 4.05. The van der Waals surface area contributed by atoms with E-state index in [-0.39, 0.29) is 12.3 Å². The van der Waals surface area contributed by atoms with Gasteiger partial charge in [-0.2, -0.15) is 0 Å². The number of terminal acetylenes is 1. The van der Waals surface area contributed by atoms with Gasteiger partial charge in [-0.25, -0.2) is 14.4 Å². The molecule has 0 bridgehead atoms. The van der Waals surface area contributed by atoms with Gasteiger partial charge in [0.05, 0.1) is 11.9 Å². The van der Waals surface area contributed by atoms with Crippen LogP contribution in [0, 0.1) is 18.2 Å². The van der Waals surface area contributed by atoms with Crippen LogP contribution in [-0.4, -0.2) is 33.9 Å². The predicted molar refractivity (Wildman–Crippen MR) is 111 cm³/mol. The van der Waals surface area contributed by atoms with Crippen molar-refractivity contribution in [2.45, 2.75) is 25.7 Å². The summed E-state index contributed by atoms with van der Waals surface area (Å²) in [6, 6.07) is 10.4. The van der Waals surface area contributed by atoms with E-state index in [9.17, 15) is 9.18 Å². The fourth-order valence-electron chi connectivity index (χ4n) is 3.60. The van der Waals surface area contributed by atoms with E-state index in [1.54, 1.807) is 6.07 Å². The van der Waals surface area contributed by atoms with Crippen LogP contribution in [0.3, 0.4) is 0 Å². The number of piperidine rings is 1. The molecule has 2 aromatic carbocycles. The summed E-state index contributed by atoms with van der Waals surface area (Å²) in [4.78, 5) is 22.9. The molecule has 1 fully saturated rings. The van der Waals surface area contributed by atoms with Crippen LogP contribution < -0.4 is 5.32 Å². The lowest BCUT2D eigenvalue weighted by Gasteiger charge is -2.26. The highest BCUT2D eigenvalue weighted by Crippen LogP contribution is 2.26. The Morgan fingerprint density at radius 3 is 2.79 bits per heavy atom. The second-order valence-corrected chi connectivity index (χ2v) is 7.15. The van der Waals surface area contributed by atoms with Crippen molar-refractivity contribution in [1.82, 2.24) is 14.9 Å². The molecule has 1 saturated heterocycles. The summed E-state index contributed by atoms with van der Waals surface area (Å²) < 4.78 is 14.6. The summed E-state index contributed by atoms with van der Waals surface area (Å²) in [5.74, 6) is 2.66. The SMILES string of the molecule is C#Cc1cccc(Nc2ncnc3cc(F)c(CC(=O)N4CCCCC4)cc23)c1. The van der Waals surface area contributed by atoms with Crippen LogP contribution in [0.15, 0.2) is 42.7 Å². The molecule has 3 aromatic rings. The maximum Gasteiger partial charge on any atom is 0.227 e. The van der Waals surface area contributed by atoms with Crippen molar-refractivity contribution in [3.8, 4) is 12.3 Å². The molecule has 1 aromatic heterocycles. The highest BCUT2D eigenvalue weighted by atomic mass is 19.1. The van der Waals surface area contributed by atoms with Crippen molar-refractivity contribution in [1.29, 1.82) is 0 Å². The third-order valence-corrected chi connectivity index (χ3v) is 5.15. The number of anilines is 2. The standard InChI is InChI=1S/C23H21FN4O/c1-2-16-7-6-8-18(11-16)27-23-19-12-17(20(24)14-21(19)25-15-26-23)13-22(29)28-9-4-3-5-10-28/h1,6-8,11-12,14-15H,3-5,9-10,13H2,(H,25,26,27). The summed E-state index contributed by atoms with van der Waals surface area (Å²) in [6.07, 6.45) is 10.0. The van der Waals surface area contributed by atoms with E-state index < -0.39 is 5.82 Å². The summed E-state index contributed by atoms with van der Waals surface area (Å²) in [6.45, 7) is 1.49. The van der Waals surface area contributed by atoms with Crippen molar-refractivity contribution < 1.29 is 9.18 Å². The van der Waals surface area contributed by atoms with Crippen molar-refractivity contribution in [3.05, 3.63) is 59.7 Å². The number of benzene rings is 2. The molecule has 0 aliphatic carbocycles. The lowest BCUT2D eigenvalue weighted by molar-refractivity contribution is -0.131. The Morgan fingerprint density at radius 2 is 2.00 bits per heavy atom. The fourth-order valence-corrected chi connectivity index (χ4v) is 3.60. The zero-order chi connectivity index (χ0) is 20.2. The van der Waals surface area contributed by atoms with Crippen molar-refractivity contribution in [3.63, 3.8) is 0 Å². The number of nitrogens with one attached hydrogen (secondary N) is 1. The average molecular weight is 388 g/mol. The second-order valence-electron chi connectivity index (χ2n) is 7.15. The Balaban J connectivity index is 1.65. The Hall–Kier alpha value is -3.46. The molecule has 1 amide bonds. The first-order valence-electron chi connectivity index (χ1n) is 9.68. The van der Waals surface area contributed by atoms with Crippen LogP contribution in [-0.2, 0) is 11.2 Å². The number of fused-ring (bicyclic) bond motifs is 1. The van der Waals surface area contributed by atoms with Gasteiger partial charge in [-0.05, 0) is 49.1 Å². The monoisotopic (exact) mass is 388 g/mol. The highest BCUT2D eigenvalue weighted by molar-refractivity contribution is 5.92. The van der Waals surface area contributed by atoms with Crippen molar-refractivity contribution in [2.24, 2.45) is 0 Å². The van der Waals surface area contributed by atoms with Gasteiger partial charge in [0.1, 0.15) is 18.0 Å². The molecule has 0 unspecified atom stereocenters. The molecular formula is C23H21FN4O. The number of amides is 1. The molecule has 1 aliphatic rings. The lowest BCUT2D eigenvalue weighted by Crippen LogP contribution is -2.36. The van der Waals surface area contributed by atoms with Gasteiger partial charge in [0.15, 0.2) is 0 Å².